The van der Waals surface area contributed by atoms with E-state index >= 15 is 0 Å². The zero-order valence-corrected chi connectivity index (χ0v) is 39.2. The van der Waals surface area contributed by atoms with Crippen LogP contribution in [-0.2, 0) is 64.1 Å². The van der Waals surface area contributed by atoms with Crippen LogP contribution in [0.3, 0.4) is 0 Å². The fourth-order valence-corrected chi connectivity index (χ4v) is 8.73. The number of aliphatic hydroxyl groups excluding tert-OH is 1. The van der Waals surface area contributed by atoms with Gasteiger partial charge in [0.2, 0.25) is 35.4 Å². The largest absolute Gasteiger partial charge is 0.481 e. The van der Waals surface area contributed by atoms with Crippen molar-refractivity contribution in [2.24, 2.45) is 11.1 Å². The van der Waals surface area contributed by atoms with Crippen LogP contribution >= 0.6 is 0 Å². The van der Waals surface area contributed by atoms with E-state index in [0.29, 0.717) is 49.2 Å². The molecule has 0 saturated carbocycles. The van der Waals surface area contributed by atoms with Crippen LogP contribution in [0.2, 0.25) is 0 Å². The van der Waals surface area contributed by atoms with Gasteiger partial charge in [0, 0.05) is 64.3 Å². The van der Waals surface area contributed by atoms with E-state index in [2.05, 4.69) is 26.6 Å². The summed E-state index contributed by atoms with van der Waals surface area (Å²) in [6.07, 6.45) is 2.47. The van der Waals surface area contributed by atoms with Gasteiger partial charge in [-0.25, -0.2) is 0 Å². The van der Waals surface area contributed by atoms with E-state index in [0.717, 1.165) is 34.4 Å². The third-order valence-corrected chi connectivity index (χ3v) is 12.5. The van der Waals surface area contributed by atoms with Crippen molar-refractivity contribution < 1.29 is 48.5 Å². The molecule has 9 N–H and O–H groups in total. The van der Waals surface area contributed by atoms with E-state index in [1.807, 2.05) is 66.7 Å². The topological polar surface area (TPSA) is 259 Å². The molecule has 6 rings (SSSR count). The second-order valence-electron chi connectivity index (χ2n) is 17.7. The number of nitrogens with one attached hydrogen (secondary N) is 5. The smallest absolute Gasteiger partial charge is 0.303 e. The number of fused-ring (bicyclic) bond motifs is 3. The Kier molecular flexibility index (Phi) is 19.3. The summed E-state index contributed by atoms with van der Waals surface area (Å²) >= 11 is 0. The summed E-state index contributed by atoms with van der Waals surface area (Å²) in [5.74, 6) is -3.87. The van der Waals surface area contributed by atoms with Gasteiger partial charge in [0.15, 0.2) is 0 Å². The SMILES string of the molecule is NCCOCCNC(=O)[C@@H]1CCNC(=O)/C=C/C(=O)N2CCC[C@](Cc3ccccc3)(C2)C(=O)N[C@@H](Cc2ccc(-c3ccc(C(O)CCC(=O)O)cc3)cc2)C(=O)NCc2ccccc2CC(=O)N1. The summed E-state index contributed by atoms with van der Waals surface area (Å²) in [5.41, 5.74) is 9.50. The molecular formula is C53H63N7O10. The molecule has 4 aromatic carbocycles. The van der Waals surface area contributed by atoms with Crippen LogP contribution < -0.4 is 32.3 Å². The van der Waals surface area contributed by atoms with Crippen molar-refractivity contribution in [1.29, 1.82) is 0 Å². The standard InChI is InChI=1S/C53H63N7O10/c54-25-29-70-30-27-56-50(67)43-23-26-55-46(62)20-21-48(64)60-28-6-24-53(35-60,33-37-7-2-1-3-8-37)52(69)59-44(51(68)57-34-42-10-5-4-9-41(42)32-47(63)58-43)31-36-11-13-38(14-12-36)39-15-17-40(18-16-39)45(61)19-22-49(65)66/h1-5,7-18,20-21,43-45,61H,6,19,22-35,54H2,(H,55,62)(H,56,67)(H,57,68)(H,58,63)(H,59,69)(H,65,66)/b21-20+/t43-,44-,45?,53-/m0/s1. The Bertz CT molecular complexity index is 2470. The van der Waals surface area contributed by atoms with E-state index < -0.39 is 65.0 Å². The number of aliphatic carboxylic acids is 1. The van der Waals surface area contributed by atoms with Gasteiger partial charge in [0.25, 0.3) is 0 Å². The highest BCUT2D eigenvalue weighted by molar-refractivity contribution is 5.97. The van der Waals surface area contributed by atoms with E-state index in [-0.39, 0.29) is 71.3 Å². The number of carboxylic acid groups (broad SMARTS) is 1. The van der Waals surface area contributed by atoms with Crippen molar-refractivity contribution in [3.63, 3.8) is 0 Å². The third kappa shape index (κ3) is 15.4. The molecule has 2 bridgehead atoms. The number of piperidine rings is 1. The molecule has 70 heavy (non-hydrogen) atoms. The van der Waals surface area contributed by atoms with Crippen molar-refractivity contribution in [2.75, 3.05) is 45.9 Å². The number of hydrogen-bond acceptors (Lipinski definition) is 10. The second kappa shape index (κ2) is 26.0. The normalized spacial score (nSPS) is 20.5. The van der Waals surface area contributed by atoms with Crippen LogP contribution in [0.1, 0.15) is 66.0 Å². The summed E-state index contributed by atoms with van der Waals surface area (Å²) in [4.78, 5) is 95.7. The number of amides is 6. The molecule has 4 aromatic rings. The molecule has 2 aliphatic heterocycles. The predicted molar refractivity (Wildman–Crippen MR) is 261 cm³/mol. The average molecular weight is 958 g/mol. The van der Waals surface area contributed by atoms with Crippen LogP contribution in [0, 0.1) is 5.41 Å². The van der Waals surface area contributed by atoms with Gasteiger partial charge in [-0.05, 0) is 71.0 Å². The first-order chi connectivity index (χ1) is 33.8. The molecule has 6 amide bonds. The summed E-state index contributed by atoms with van der Waals surface area (Å²) < 4.78 is 5.37. The zero-order chi connectivity index (χ0) is 49.9. The fourth-order valence-electron chi connectivity index (χ4n) is 8.73. The van der Waals surface area contributed by atoms with Crippen molar-refractivity contribution in [1.82, 2.24) is 31.5 Å². The van der Waals surface area contributed by atoms with E-state index in [1.165, 1.54) is 0 Å². The van der Waals surface area contributed by atoms with Gasteiger partial charge in [0.1, 0.15) is 12.1 Å². The number of nitrogens with two attached hydrogens (primary N) is 1. The molecule has 1 saturated heterocycles. The number of carboxylic acids is 1. The van der Waals surface area contributed by atoms with Gasteiger partial charge in [-0.15, -0.1) is 0 Å². The first-order valence-corrected chi connectivity index (χ1v) is 23.7. The molecule has 1 unspecified atom stereocenters. The lowest BCUT2D eigenvalue weighted by Gasteiger charge is -2.42. The van der Waals surface area contributed by atoms with Crippen LogP contribution in [0.4, 0.5) is 0 Å². The summed E-state index contributed by atoms with van der Waals surface area (Å²) in [6, 6.07) is 29.2. The molecular weight excluding hydrogens is 895 g/mol. The molecule has 4 atom stereocenters. The van der Waals surface area contributed by atoms with Crippen molar-refractivity contribution in [2.45, 2.75) is 76.1 Å². The van der Waals surface area contributed by atoms with Crippen LogP contribution in [0.5, 0.6) is 0 Å². The number of aliphatic hydroxyl groups is 1. The molecule has 0 spiro atoms. The van der Waals surface area contributed by atoms with E-state index in [4.69, 9.17) is 15.6 Å². The lowest BCUT2D eigenvalue weighted by atomic mass is 9.74. The molecule has 17 heteroatoms. The first-order valence-electron chi connectivity index (χ1n) is 23.7. The molecule has 1 fully saturated rings. The lowest BCUT2D eigenvalue weighted by molar-refractivity contribution is -0.142. The number of carbonyl (C=O) groups excluding carboxylic acids is 6. The van der Waals surface area contributed by atoms with Crippen LogP contribution in [0.15, 0.2) is 115 Å². The fraction of sp³-hybridized carbons (Fsp3) is 0.377. The Morgan fingerprint density at radius 2 is 1.53 bits per heavy atom. The number of hydrogen-bond donors (Lipinski definition) is 8. The zero-order valence-electron chi connectivity index (χ0n) is 39.2. The van der Waals surface area contributed by atoms with Crippen molar-refractivity contribution in [3.8, 4) is 11.1 Å². The summed E-state index contributed by atoms with van der Waals surface area (Å²) in [7, 11) is 0. The number of benzene rings is 4. The van der Waals surface area contributed by atoms with Crippen LogP contribution in [-0.4, -0.2) is 115 Å². The summed E-state index contributed by atoms with van der Waals surface area (Å²) in [6.45, 7) is 1.39. The number of ether oxygens (including phenoxy) is 1. The quantitative estimate of drug-likeness (QED) is 0.0804. The molecule has 2 aliphatic rings. The third-order valence-electron chi connectivity index (χ3n) is 12.5. The Balaban J connectivity index is 1.29. The van der Waals surface area contributed by atoms with Gasteiger partial charge in [-0.3, -0.25) is 33.6 Å². The highest BCUT2D eigenvalue weighted by Gasteiger charge is 2.44. The highest BCUT2D eigenvalue weighted by Crippen LogP contribution is 2.35. The minimum Gasteiger partial charge on any atom is -0.481 e. The molecule has 0 aliphatic carbocycles. The maximum atomic E-state index is 15.0. The maximum absolute atomic E-state index is 15.0. The molecule has 0 radical (unpaired) electrons. The molecule has 0 aromatic heterocycles. The van der Waals surface area contributed by atoms with Gasteiger partial charge < -0.3 is 52.2 Å². The number of nitrogens with zero attached hydrogens (tertiary/aromatic N) is 1. The Morgan fingerprint density at radius 1 is 0.829 bits per heavy atom. The Labute approximate surface area is 407 Å². The second-order valence-corrected chi connectivity index (χ2v) is 17.7. The monoisotopic (exact) mass is 957 g/mol. The Morgan fingerprint density at radius 3 is 2.24 bits per heavy atom. The molecule has 370 valence electrons. The number of carbonyl (C=O) groups is 7. The predicted octanol–water partition coefficient (Wildman–Crippen LogP) is 2.64. The van der Waals surface area contributed by atoms with Crippen molar-refractivity contribution >= 4 is 41.4 Å². The first kappa shape index (κ1) is 52.2. The van der Waals surface area contributed by atoms with E-state index in [9.17, 15) is 38.7 Å². The van der Waals surface area contributed by atoms with Gasteiger partial charge in [-0.1, -0.05) is 103 Å². The maximum Gasteiger partial charge on any atom is 0.303 e. The highest BCUT2D eigenvalue weighted by atomic mass is 16.5. The average Bonchev–Trinajstić information content (AvgIpc) is 3.36. The Hall–Kier alpha value is -7.21. The minimum absolute atomic E-state index is 0.00418. The van der Waals surface area contributed by atoms with E-state index in [1.54, 1.807) is 41.3 Å². The van der Waals surface area contributed by atoms with Gasteiger partial charge in [-0.2, -0.15) is 0 Å². The molecule has 17 nitrogen and oxygen atoms in total. The molecule has 2 heterocycles. The van der Waals surface area contributed by atoms with Crippen LogP contribution in [0.25, 0.3) is 11.1 Å². The van der Waals surface area contributed by atoms with Gasteiger partial charge >= 0.3 is 5.97 Å². The summed E-state index contributed by atoms with van der Waals surface area (Å²) in [5, 5.41) is 33.8. The number of rotatable bonds is 15. The van der Waals surface area contributed by atoms with Crippen molar-refractivity contribution in [3.05, 3.63) is 143 Å². The minimum atomic E-state index is -1.15. The lowest BCUT2D eigenvalue weighted by Crippen LogP contribution is -2.58. The van der Waals surface area contributed by atoms with Gasteiger partial charge in [0.05, 0.1) is 31.2 Å².